The number of benzene rings is 1. The number of carbonyl (C=O) groups is 2. The van der Waals surface area contributed by atoms with E-state index in [-0.39, 0.29) is 18.2 Å². The third-order valence-electron chi connectivity index (χ3n) is 6.08. The molecule has 0 spiro atoms. The van der Waals surface area contributed by atoms with Crippen molar-refractivity contribution in [3.05, 3.63) is 72.8 Å². The van der Waals surface area contributed by atoms with Gasteiger partial charge in [-0.3, -0.25) is 9.59 Å². The Bertz CT molecular complexity index is 1090. The molecule has 2 aromatic rings. The lowest BCUT2D eigenvalue weighted by atomic mass is 9.93. The molecule has 0 aliphatic rings. The first-order valence-corrected chi connectivity index (χ1v) is 13.3. The molecule has 9 nitrogen and oxygen atoms in total. The molecule has 0 radical (unpaired) electrons. The van der Waals surface area contributed by atoms with Crippen molar-refractivity contribution >= 4 is 17.6 Å². The topological polar surface area (TPSA) is 122 Å². The number of nitrogens with one attached hydrogen (secondary N) is 3. The van der Waals surface area contributed by atoms with E-state index in [1.54, 1.807) is 25.1 Å². The highest BCUT2D eigenvalue weighted by atomic mass is 16.5. The second kappa shape index (κ2) is 16.9. The van der Waals surface area contributed by atoms with Crippen LogP contribution in [0.15, 0.2) is 61.7 Å². The average molecular weight is 539 g/mol. The van der Waals surface area contributed by atoms with E-state index in [9.17, 15) is 14.7 Å². The fraction of sp³-hybridized carbons (Fsp3) is 0.433. The Morgan fingerprint density at radius 2 is 1.97 bits per heavy atom. The van der Waals surface area contributed by atoms with Crippen LogP contribution in [0.4, 0.5) is 5.82 Å². The van der Waals surface area contributed by atoms with E-state index in [2.05, 4.69) is 41.0 Å². The first-order chi connectivity index (χ1) is 18.8. The van der Waals surface area contributed by atoms with Crippen LogP contribution in [-0.4, -0.2) is 60.9 Å². The van der Waals surface area contributed by atoms with Gasteiger partial charge in [-0.2, -0.15) is 4.98 Å². The minimum absolute atomic E-state index is 0.121. The van der Waals surface area contributed by atoms with Gasteiger partial charge < -0.3 is 30.5 Å². The molecule has 3 atom stereocenters. The van der Waals surface area contributed by atoms with Crippen LogP contribution in [0.1, 0.15) is 49.0 Å². The Labute approximate surface area is 231 Å². The van der Waals surface area contributed by atoms with Gasteiger partial charge in [0.25, 0.3) is 5.91 Å². The molecule has 9 heteroatoms. The van der Waals surface area contributed by atoms with Gasteiger partial charge in [-0.1, -0.05) is 51.1 Å². The van der Waals surface area contributed by atoms with Gasteiger partial charge in [0.05, 0.1) is 19.3 Å². The molecule has 0 fully saturated rings. The van der Waals surface area contributed by atoms with E-state index >= 15 is 0 Å². The normalized spacial score (nSPS) is 12.9. The summed E-state index contributed by atoms with van der Waals surface area (Å²) in [4.78, 5) is 30.2. The van der Waals surface area contributed by atoms with Crippen LogP contribution in [0.2, 0.25) is 0 Å². The van der Waals surface area contributed by atoms with Gasteiger partial charge in [0.1, 0.15) is 18.2 Å². The van der Waals surface area contributed by atoms with Crippen LogP contribution < -0.4 is 25.4 Å². The van der Waals surface area contributed by atoms with Gasteiger partial charge in [-0.15, -0.1) is 6.58 Å². The molecule has 3 unspecified atom stereocenters. The molecule has 2 rings (SSSR count). The van der Waals surface area contributed by atoms with Gasteiger partial charge in [-0.05, 0) is 43.0 Å². The van der Waals surface area contributed by atoms with E-state index < -0.39 is 24.0 Å². The van der Waals surface area contributed by atoms with Crippen molar-refractivity contribution in [2.75, 3.05) is 32.1 Å². The highest BCUT2D eigenvalue weighted by Crippen LogP contribution is 2.20. The highest BCUT2D eigenvalue weighted by Gasteiger charge is 2.27. The molecular weight excluding hydrogens is 496 g/mol. The molecule has 0 saturated heterocycles. The summed E-state index contributed by atoms with van der Waals surface area (Å²) in [5.74, 6) is 0.433. The summed E-state index contributed by atoms with van der Waals surface area (Å²) in [5.41, 5.74) is 1.18. The predicted molar refractivity (Wildman–Crippen MR) is 154 cm³/mol. The second-order valence-electron chi connectivity index (χ2n) is 9.33. The maximum Gasteiger partial charge on any atom is 0.251 e. The Morgan fingerprint density at radius 1 is 1.18 bits per heavy atom. The number of hydrogen-bond donors (Lipinski definition) is 4. The molecule has 0 aliphatic carbocycles. The second-order valence-corrected chi connectivity index (χ2v) is 9.33. The maximum absolute atomic E-state index is 13.4. The van der Waals surface area contributed by atoms with Crippen molar-refractivity contribution in [3.8, 4) is 11.6 Å². The van der Waals surface area contributed by atoms with Gasteiger partial charge in [0.15, 0.2) is 0 Å². The van der Waals surface area contributed by atoms with Crippen LogP contribution in [0.25, 0.3) is 0 Å². The molecule has 4 N–H and O–H groups in total. The first kappa shape index (κ1) is 31.4. The summed E-state index contributed by atoms with van der Waals surface area (Å²) in [6.07, 6.45) is 4.73. The zero-order valence-corrected chi connectivity index (χ0v) is 23.2. The zero-order valence-electron chi connectivity index (χ0n) is 23.2. The minimum Gasteiger partial charge on any atom is -0.490 e. The molecule has 0 bridgehead atoms. The van der Waals surface area contributed by atoms with Gasteiger partial charge in [0, 0.05) is 30.6 Å². The SMILES string of the molecule is C=CCNc1cc(C(=O)NC(Cc2cccc(OCC=C)c2)C(O)CC(C)C(=O)NCCCC)cc(OC)n1. The summed E-state index contributed by atoms with van der Waals surface area (Å²) >= 11 is 0. The molecule has 212 valence electrons. The van der Waals surface area contributed by atoms with E-state index in [1.165, 1.54) is 13.2 Å². The maximum atomic E-state index is 13.4. The summed E-state index contributed by atoms with van der Waals surface area (Å²) in [6.45, 7) is 12.6. The smallest absolute Gasteiger partial charge is 0.251 e. The number of amides is 2. The standard InChI is InChI=1S/C30H42N4O5/c1-6-9-14-32-29(36)21(4)16-26(35)25(18-22-11-10-12-24(17-22)39-15-8-3)33-30(37)23-19-27(31-13-7-2)34-28(20-23)38-5/h7-8,10-12,17,19-21,25-26,35H,2-3,6,9,13-16,18H2,1,4-5H3,(H,31,34)(H,32,36)(H,33,37). The number of rotatable bonds is 18. The fourth-order valence-corrected chi connectivity index (χ4v) is 3.91. The quantitative estimate of drug-likeness (QED) is 0.168. The third-order valence-corrected chi connectivity index (χ3v) is 6.08. The number of hydrogen-bond acceptors (Lipinski definition) is 7. The predicted octanol–water partition coefficient (Wildman–Crippen LogP) is 3.90. The minimum atomic E-state index is -0.985. The molecule has 0 saturated carbocycles. The lowest BCUT2D eigenvalue weighted by Crippen LogP contribution is -2.46. The van der Waals surface area contributed by atoms with Crippen LogP contribution in [0.5, 0.6) is 11.6 Å². The van der Waals surface area contributed by atoms with Gasteiger partial charge in [0.2, 0.25) is 11.8 Å². The molecule has 2 amide bonds. The van der Waals surface area contributed by atoms with E-state index in [4.69, 9.17) is 9.47 Å². The van der Waals surface area contributed by atoms with E-state index in [0.717, 1.165) is 18.4 Å². The monoisotopic (exact) mass is 538 g/mol. The number of ether oxygens (including phenoxy) is 2. The van der Waals surface area contributed by atoms with Crippen molar-refractivity contribution in [1.82, 2.24) is 15.6 Å². The lowest BCUT2D eigenvalue weighted by Gasteiger charge is -2.26. The number of unbranched alkanes of at least 4 members (excludes halogenated alkanes) is 1. The number of aliphatic hydroxyl groups excluding tert-OH is 1. The van der Waals surface area contributed by atoms with Crippen LogP contribution in [0.3, 0.4) is 0 Å². The summed E-state index contributed by atoms with van der Waals surface area (Å²) in [7, 11) is 1.47. The first-order valence-electron chi connectivity index (χ1n) is 13.3. The van der Waals surface area contributed by atoms with Crippen molar-refractivity contribution in [3.63, 3.8) is 0 Å². The highest BCUT2D eigenvalue weighted by molar-refractivity contribution is 5.95. The van der Waals surface area contributed by atoms with Crippen LogP contribution in [-0.2, 0) is 11.2 Å². The van der Waals surface area contributed by atoms with Gasteiger partial charge in [-0.25, -0.2) is 0 Å². The number of nitrogens with zero attached hydrogens (tertiary/aromatic N) is 1. The van der Waals surface area contributed by atoms with Crippen molar-refractivity contribution in [1.29, 1.82) is 0 Å². The zero-order chi connectivity index (χ0) is 28.6. The molecule has 1 aromatic heterocycles. The van der Waals surface area contributed by atoms with Gasteiger partial charge >= 0.3 is 0 Å². The summed E-state index contributed by atoms with van der Waals surface area (Å²) in [5, 5.41) is 20.2. The number of aliphatic hydroxyl groups is 1. The van der Waals surface area contributed by atoms with Crippen LogP contribution in [0, 0.1) is 5.92 Å². The largest absolute Gasteiger partial charge is 0.490 e. The Balaban J connectivity index is 2.27. The Morgan fingerprint density at radius 3 is 2.67 bits per heavy atom. The molecule has 39 heavy (non-hydrogen) atoms. The van der Waals surface area contributed by atoms with Crippen molar-refractivity contribution < 1.29 is 24.2 Å². The number of pyridine rings is 1. The number of aromatic nitrogens is 1. The number of carbonyl (C=O) groups excluding carboxylic acids is 2. The lowest BCUT2D eigenvalue weighted by molar-refractivity contribution is -0.125. The molecule has 1 aromatic carbocycles. The van der Waals surface area contributed by atoms with E-state index in [0.29, 0.717) is 43.2 Å². The molecular formula is C30H42N4O5. The fourth-order valence-electron chi connectivity index (χ4n) is 3.91. The van der Waals surface area contributed by atoms with E-state index in [1.807, 2.05) is 24.3 Å². The number of methoxy groups -OCH3 is 1. The molecule has 0 aliphatic heterocycles. The molecule has 1 heterocycles. The third kappa shape index (κ3) is 10.8. The van der Waals surface area contributed by atoms with Crippen molar-refractivity contribution in [2.45, 2.75) is 51.7 Å². The van der Waals surface area contributed by atoms with Crippen LogP contribution >= 0.6 is 0 Å². The summed E-state index contributed by atoms with van der Waals surface area (Å²) < 4.78 is 10.9. The van der Waals surface area contributed by atoms with Crippen molar-refractivity contribution in [2.24, 2.45) is 5.92 Å². The summed E-state index contributed by atoms with van der Waals surface area (Å²) in [6, 6.07) is 9.92. The average Bonchev–Trinajstić information content (AvgIpc) is 2.94. The Kier molecular flexibility index (Phi) is 13.6. The number of anilines is 1. The Hall–Kier alpha value is -3.85.